The third kappa shape index (κ3) is 9.46. The summed E-state index contributed by atoms with van der Waals surface area (Å²) in [4.78, 5) is 40.0. The van der Waals surface area contributed by atoms with Crippen LogP contribution in [0.1, 0.15) is 32.6 Å². The van der Waals surface area contributed by atoms with Crippen LogP contribution in [-0.4, -0.2) is 23.9 Å². The van der Waals surface area contributed by atoms with Crippen molar-refractivity contribution in [2.45, 2.75) is 32.6 Å². The van der Waals surface area contributed by atoms with Crippen LogP contribution in [0.25, 0.3) is 0 Å². The van der Waals surface area contributed by atoms with Gasteiger partial charge in [-0.2, -0.15) is 0 Å². The molecular weight excluding hydrogens is 252 g/mol. The Balaban J connectivity index is 0.000000261. The maximum Gasteiger partial charge on any atom is 0.314 e. The van der Waals surface area contributed by atoms with Crippen molar-refractivity contribution in [3.63, 3.8) is 0 Å². The average molecular weight is 268 g/mol. The Morgan fingerprint density at radius 1 is 0.895 bits per heavy atom. The highest BCUT2D eigenvalue weighted by Gasteiger charge is 2.19. The van der Waals surface area contributed by atoms with Crippen LogP contribution in [0.15, 0.2) is 24.8 Å². The topological polar surface area (TPSA) is 86.7 Å². The standard InChI is InChI=1S/C5H8.2C4H4O3/c1-4-5(2)3;2*5-3-1-2-4(6)7-3/h4H,1-2H2,3H3;2*1-2H2. The van der Waals surface area contributed by atoms with Crippen molar-refractivity contribution in [3.8, 4) is 0 Å². The van der Waals surface area contributed by atoms with Crippen LogP contribution in [0.5, 0.6) is 0 Å². The Kier molecular flexibility index (Phi) is 7.76. The van der Waals surface area contributed by atoms with Gasteiger partial charge >= 0.3 is 23.9 Å². The van der Waals surface area contributed by atoms with E-state index in [2.05, 4.69) is 22.6 Å². The smallest absolute Gasteiger partial charge is 0.314 e. The predicted molar refractivity (Wildman–Crippen MR) is 65.7 cm³/mol. The minimum absolute atomic E-state index is 0.263. The maximum absolute atomic E-state index is 10.0. The minimum Gasteiger partial charge on any atom is -0.393 e. The quantitative estimate of drug-likeness (QED) is 0.406. The fourth-order valence-corrected chi connectivity index (χ4v) is 0.866. The molecule has 0 amide bonds. The number of esters is 4. The normalized spacial score (nSPS) is 16.5. The van der Waals surface area contributed by atoms with E-state index in [0.29, 0.717) is 0 Å². The van der Waals surface area contributed by atoms with E-state index in [1.54, 1.807) is 6.08 Å². The van der Waals surface area contributed by atoms with Crippen molar-refractivity contribution < 1.29 is 28.7 Å². The lowest BCUT2D eigenvalue weighted by atomic mass is 10.4. The van der Waals surface area contributed by atoms with Crippen LogP contribution in [0, 0.1) is 0 Å². The molecule has 104 valence electrons. The van der Waals surface area contributed by atoms with Crippen molar-refractivity contribution >= 4 is 23.9 Å². The molecule has 0 atom stereocenters. The molecule has 2 aliphatic rings. The van der Waals surface area contributed by atoms with E-state index in [-0.39, 0.29) is 25.7 Å². The second-order valence-electron chi connectivity index (χ2n) is 3.74. The summed E-state index contributed by atoms with van der Waals surface area (Å²) in [5.74, 6) is -1.59. The van der Waals surface area contributed by atoms with Gasteiger partial charge in [-0.25, -0.2) is 0 Å². The fraction of sp³-hybridized carbons (Fsp3) is 0.385. The molecule has 19 heavy (non-hydrogen) atoms. The van der Waals surface area contributed by atoms with Gasteiger partial charge in [0.15, 0.2) is 0 Å². The molecule has 0 spiro atoms. The zero-order valence-corrected chi connectivity index (χ0v) is 10.8. The Labute approximate surface area is 111 Å². The zero-order chi connectivity index (χ0) is 14.8. The van der Waals surface area contributed by atoms with Gasteiger partial charge in [-0.1, -0.05) is 24.8 Å². The van der Waals surface area contributed by atoms with Gasteiger partial charge in [0, 0.05) is 0 Å². The Morgan fingerprint density at radius 3 is 1.16 bits per heavy atom. The number of carbonyl (C=O) groups excluding carboxylic acids is 4. The highest BCUT2D eigenvalue weighted by molar-refractivity contribution is 5.93. The summed E-state index contributed by atoms with van der Waals surface area (Å²) in [6, 6.07) is 0. The Morgan fingerprint density at radius 2 is 1.11 bits per heavy atom. The van der Waals surface area contributed by atoms with Gasteiger partial charge in [0.05, 0.1) is 25.7 Å². The first-order valence-electron chi connectivity index (χ1n) is 5.60. The summed E-state index contributed by atoms with van der Waals surface area (Å²) < 4.78 is 8.17. The van der Waals surface area contributed by atoms with Crippen LogP contribution < -0.4 is 0 Å². The molecule has 2 rings (SSSR count). The lowest BCUT2D eigenvalue weighted by molar-refractivity contribution is -0.153. The molecule has 6 heteroatoms. The van der Waals surface area contributed by atoms with Crippen LogP contribution >= 0.6 is 0 Å². The molecule has 6 nitrogen and oxygen atoms in total. The number of hydrogen-bond acceptors (Lipinski definition) is 6. The van der Waals surface area contributed by atoms with Crippen LogP contribution in [0.4, 0.5) is 0 Å². The second-order valence-corrected chi connectivity index (χ2v) is 3.74. The lowest BCUT2D eigenvalue weighted by Crippen LogP contribution is -1.95. The van der Waals surface area contributed by atoms with Gasteiger partial charge in [0.2, 0.25) is 0 Å². The molecule has 0 unspecified atom stereocenters. The van der Waals surface area contributed by atoms with Gasteiger partial charge in [-0.3, -0.25) is 19.2 Å². The lowest BCUT2D eigenvalue weighted by Gasteiger charge is -1.79. The first kappa shape index (κ1) is 16.8. The van der Waals surface area contributed by atoms with E-state index in [0.717, 1.165) is 5.57 Å². The van der Waals surface area contributed by atoms with Gasteiger partial charge in [-0.15, -0.1) is 0 Å². The van der Waals surface area contributed by atoms with Gasteiger partial charge in [0.1, 0.15) is 0 Å². The van der Waals surface area contributed by atoms with Crippen molar-refractivity contribution in [2.75, 3.05) is 0 Å². The van der Waals surface area contributed by atoms with E-state index in [1.165, 1.54) is 0 Å². The molecule has 2 aliphatic heterocycles. The molecular formula is C13H16O6. The Hall–Kier alpha value is -2.24. The Bertz CT molecular complexity index is 349. The first-order valence-corrected chi connectivity index (χ1v) is 5.60. The number of cyclic esters (lactones) is 4. The minimum atomic E-state index is -0.398. The molecule has 0 aromatic carbocycles. The van der Waals surface area contributed by atoms with Crippen LogP contribution in [-0.2, 0) is 28.7 Å². The average Bonchev–Trinajstić information content (AvgIpc) is 2.89. The second kappa shape index (κ2) is 8.79. The van der Waals surface area contributed by atoms with Gasteiger partial charge in [0.25, 0.3) is 0 Å². The summed E-state index contributed by atoms with van der Waals surface area (Å²) in [7, 11) is 0. The van der Waals surface area contributed by atoms with Gasteiger partial charge in [-0.05, 0) is 6.92 Å². The monoisotopic (exact) mass is 268 g/mol. The van der Waals surface area contributed by atoms with E-state index >= 15 is 0 Å². The fourth-order valence-electron chi connectivity index (χ4n) is 0.866. The van der Waals surface area contributed by atoms with E-state index in [4.69, 9.17) is 0 Å². The zero-order valence-electron chi connectivity index (χ0n) is 10.8. The van der Waals surface area contributed by atoms with Gasteiger partial charge < -0.3 is 9.47 Å². The number of allylic oxidation sites excluding steroid dienone is 2. The molecule has 0 saturated carbocycles. The van der Waals surface area contributed by atoms with E-state index in [9.17, 15) is 19.2 Å². The van der Waals surface area contributed by atoms with E-state index < -0.39 is 23.9 Å². The van der Waals surface area contributed by atoms with Crippen LogP contribution in [0.3, 0.4) is 0 Å². The third-order valence-corrected chi connectivity index (χ3v) is 1.87. The summed E-state index contributed by atoms with van der Waals surface area (Å²) in [6.45, 7) is 8.93. The molecule has 0 N–H and O–H groups in total. The maximum atomic E-state index is 10.0. The molecule has 2 heterocycles. The SMILES string of the molecule is C=CC(=C)C.O=C1CCC(=O)O1.O=C1CCC(=O)O1. The van der Waals surface area contributed by atoms with Crippen molar-refractivity contribution in [1.82, 2.24) is 0 Å². The number of carbonyl (C=O) groups is 4. The largest absolute Gasteiger partial charge is 0.393 e. The van der Waals surface area contributed by atoms with Crippen molar-refractivity contribution in [3.05, 3.63) is 24.8 Å². The number of rotatable bonds is 1. The molecule has 0 aromatic heterocycles. The molecule has 2 fully saturated rings. The summed E-state index contributed by atoms with van der Waals surface area (Å²) in [5.41, 5.74) is 1.02. The predicted octanol–water partition coefficient (Wildman–Crippen LogP) is 1.45. The molecule has 0 radical (unpaired) electrons. The molecule has 0 bridgehead atoms. The van der Waals surface area contributed by atoms with Crippen molar-refractivity contribution in [2.24, 2.45) is 0 Å². The summed E-state index contributed by atoms with van der Waals surface area (Å²) in [6.07, 6.45) is 2.77. The third-order valence-electron chi connectivity index (χ3n) is 1.87. The highest BCUT2D eigenvalue weighted by Crippen LogP contribution is 2.04. The summed E-state index contributed by atoms with van der Waals surface area (Å²) in [5, 5.41) is 0. The van der Waals surface area contributed by atoms with Crippen LogP contribution in [0.2, 0.25) is 0 Å². The highest BCUT2D eigenvalue weighted by atomic mass is 16.6. The number of hydrogen-bond donors (Lipinski definition) is 0. The number of ether oxygens (including phenoxy) is 2. The molecule has 0 aromatic rings. The van der Waals surface area contributed by atoms with Crippen molar-refractivity contribution in [1.29, 1.82) is 0 Å². The van der Waals surface area contributed by atoms with E-state index in [1.807, 2.05) is 6.92 Å². The first-order chi connectivity index (χ1) is 8.85. The summed E-state index contributed by atoms with van der Waals surface area (Å²) >= 11 is 0. The molecule has 2 saturated heterocycles. The molecule has 0 aliphatic carbocycles.